The van der Waals surface area contributed by atoms with Crippen LogP contribution in [0.4, 0.5) is 0 Å². The highest BCUT2D eigenvalue weighted by Crippen LogP contribution is 2.17. The maximum atomic E-state index is 5.87. The molecule has 14 heavy (non-hydrogen) atoms. The number of aliphatic imine (C=N–C) groups is 1. The van der Waals surface area contributed by atoms with Gasteiger partial charge in [0, 0.05) is 5.41 Å². The lowest BCUT2D eigenvalue weighted by molar-refractivity contribution is 0.581. The van der Waals surface area contributed by atoms with E-state index in [2.05, 4.69) is 43.4 Å². The molecule has 2 nitrogen and oxygen atoms in total. The molecule has 0 bridgehead atoms. The second kappa shape index (κ2) is 4.13. The molecule has 0 saturated carbocycles. The first kappa shape index (κ1) is 11.2. The predicted octanol–water partition coefficient (Wildman–Crippen LogP) is 2.96. The maximum absolute atomic E-state index is 5.87. The van der Waals surface area contributed by atoms with Crippen LogP contribution in [0.3, 0.4) is 0 Å². The summed E-state index contributed by atoms with van der Waals surface area (Å²) in [5.41, 5.74) is 8.43. The van der Waals surface area contributed by atoms with Crippen LogP contribution in [0.2, 0.25) is 0 Å². The van der Waals surface area contributed by atoms with Crippen LogP contribution in [-0.2, 0) is 6.54 Å². The number of amidine groups is 1. The second-order valence-electron chi connectivity index (χ2n) is 4.53. The van der Waals surface area contributed by atoms with Crippen molar-refractivity contribution >= 4 is 17.2 Å². The fourth-order valence-electron chi connectivity index (χ4n) is 0.956. The van der Waals surface area contributed by atoms with Crippen LogP contribution in [-0.4, -0.2) is 5.84 Å². The number of nitrogens with zero attached hydrogens (tertiary/aromatic N) is 1. The van der Waals surface area contributed by atoms with Crippen molar-refractivity contribution in [2.45, 2.75) is 34.2 Å². The van der Waals surface area contributed by atoms with E-state index < -0.39 is 0 Å². The molecular formula is C11H18N2S. The molecule has 0 fully saturated rings. The molecule has 0 unspecified atom stereocenters. The van der Waals surface area contributed by atoms with Crippen LogP contribution in [0.25, 0.3) is 0 Å². The van der Waals surface area contributed by atoms with Crippen molar-refractivity contribution < 1.29 is 0 Å². The lowest BCUT2D eigenvalue weighted by Crippen LogP contribution is -2.28. The fraction of sp³-hybridized carbons (Fsp3) is 0.545. The Kier molecular flexibility index (Phi) is 3.32. The average molecular weight is 210 g/mol. The molecule has 0 aliphatic carbocycles. The lowest BCUT2D eigenvalue weighted by Gasteiger charge is -2.17. The van der Waals surface area contributed by atoms with Crippen LogP contribution in [0.5, 0.6) is 0 Å². The average Bonchev–Trinajstić information content (AvgIpc) is 2.45. The molecule has 0 atom stereocenters. The van der Waals surface area contributed by atoms with E-state index in [1.165, 1.54) is 11.1 Å². The van der Waals surface area contributed by atoms with Gasteiger partial charge in [-0.1, -0.05) is 20.8 Å². The smallest absolute Gasteiger partial charge is 0.0995 e. The monoisotopic (exact) mass is 210 g/mol. The molecule has 1 aromatic rings. The minimum absolute atomic E-state index is 0.0239. The number of hydrogen-bond acceptors (Lipinski definition) is 2. The summed E-state index contributed by atoms with van der Waals surface area (Å²) in [5, 5.41) is 4.27. The van der Waals surface area contributed by atoms with Gasteiger partial charge in [-0.2, -0.15) is 11.3 Å². The molecule has 0 saturated heterocycles. The van der Waals surface area contributed by atoms with Crippen LogP contribution in [0.1, 0.15) is 31.9 Å². The van der Waals surface area contributed by atoms with Gasteiger partial charge in [0.15, 0.2) is 0 Å². The molecule has 0 aliphatic heterocycles. The summed E-state index contributed by atoms with van der Waals surface area (Å²) in [6.07, 6.45) is 0. The first-order valence-electron chi connectivity index (χ1n) is 4.73. The van der Waals surface area contributed by atoms with Gasteiger partial charge in [-0.25, -0.2) is 0 Å². The molecule has 1 aromatic heterocycles. The molecule has 1 rings (SSSR count). The Balaban J connectivity index is 2.69. The third kappa shape index (κ3) is 2.84. The molecular weight excluding hydrogens is 192 g/mol. The van der Waals surface area contributed by atoms with Gasteiger partial charge in [0.05, 0.1) is 12.4 Å². The highest BCUT2D eigenvalue weighted by Gasteiger charge is 2.14. The topological polar surface area (TPSA) is 38.4 Å². The molecule has 78 valence electrons. The largest absolute Gasteiger partial charge is 0.387 e. The van der Waals surface area contributed by atoms with E-state index in [1.54, 1.807) is 11.3 Å². The number of aryl methyl sites for hydroxylation is 1. The van der Waals surface area contributed by atoms with Crippen molar-refractivity contribution in [1.82, 2.24) is 0 Å². The maximum Gasteiger partial charge on any atom is 0.0995 e. The van der Waals surface area contributed by atoms with Gasteiger partial charge in [-0.3, -0.25) is 4.99 Å². The molecule has 1 heterocycles. The first-order valence-corrected chi connectivity index (χ1v) is 5.67. The Hall–Kier alpha value is -0.830. The second-order valence-corrected chi connectivity index (χ2v) is 5.28. The Labute approximate surface area is 89.9 Å². The SMILES string of the molecule is Cc1cscc1CN=C(N)C(C)(C)C. The Morgan fingerprint density at radius 3 is 2.50 bits per heavy atom. The van der Waals surface area contributed by atoms with Gasteiger partial charge >= 0.3 is 0 Å². The summed E-state index contributed by atoms with van der Waals surface area (Å²) in [6.45, 7) is 9.04. The van der Waals surface area contributed by atoms with E-state index in [0.29, 0.717) is 6.54 Å². The predicted molar refractivity (Wildman–Crippen MR) is 63.8 cm³/mol. The summed E-state index contributed by atoms with van der Waals surface area (Å²) in [7, 11) is 0. The molecule has 0 spiro atoms. The molecule has 2 N–H and O–H groups in total. The quantitative estimate of drug-likeness (QED) is 0.591. The van der Waals surface area contributed by atoms with Gasteiger partial charge < -0.3 is 5.73 Å². The van der Waals surface area contributed by atoms with E-state index in [-0.39, 0.29) is 5.41 Å². The van der Waals surface area contributed by atoms with Crippen LogP contribution < -0.4 is 5.73 Å². The molecule has 3 heteroatoms. The van der Waals surface area contributed by atoms with Crippen molar-refractivity contribution in [2.24, 2.45) is 16.1 Å². The summed E-state index contributed by atoms with van der Waals surface area (Å²) in [6, 6.07) is 0. The number of hydrogen-bond donors (Lipinski definition) is 1. The summed E-state index contributed by atoms with van der Waals surface area (Å²) in [4.78, 5) is 4.40. The van der Waals surface area contributed by atoms with E-state index in [4.69, 9.17) is 5.73 Å². The Bertz CT molecular complexity index is 331. The van der Waals surface area contributed by atoms with Crippen molar-refractivity contribution in [2.75, 3.05) is 0 Å². The van der Waals surface area contributed by atoms with E-state index in [0.717, 1.165) is 5.84 Å². The van der Waals surface area contributed by atoms with Gasteiger partial charge in [0.2, 0.25) is 0 Å². The Morgan fingerprint density at radius 1 is 1.43 bits per heavy atom. The third-order valence-corrected chi connectivity index (χ3v) is 3.06. The van der Waals surface area contributed by atoms with Crippen LogP contribution >= 0.6 is 11.3 Å². The molecule has 0 aliphatic rings. The van der Waals surface area contributed by atoms with Gasteiger partial charge in [-0.15, -0.1) is 0 Å². The zero-order valence-electron chi connectivity index (χ0n) is 9.29. The van der Waals surface area contributed by atoms with Crippen molar-refractivity contribution in [1.29, 1.82) is 0 Å². The van der Waals surface area contributed by atoms with E-state index >= 15 is 0 Å². The summed E-state index contributed by atoms with van der Waals surface area (Å²) >= 11 is 1.72. The van der Waals surface area contributed by atoms with Crippen molar-refractivity contribution in [3.63, 3.8) is 0 Å². The molecule has 0 amide bonds. The fourth-order valence-corrected chi connectivity index (χ4v) is 1.80. The number of thiophene rings is 1. The normalized spacial score (nSPS) is 13.3. The lowest BCUT2D eigenvalue weighted by atomic mass is 9.95. The van der Waals surface area contributed by atoms with Crippen LogP contribution in [0, 0.1) is 12.3 Å². The zero-order valence-corrected chi connectivity index (χ0v) is 10.1. The summed E-state index contributed by atoms with van der Waals surface area (Å²) < 4.78 is 0. The zero-order chi connectivity index (χ0) is 10.8. The van der Waals surface area contributed by atoms with E-state index in [9.17, 15) is 0 Å². The van der Waals surface area contributed by atoms with Gasteiger partial charge in [-0.05, 0) is 28.8 Å². The minimum atomic E-state index is -0.0239. The molecule has 0 aromatic carbocycles. The van der Waals surface area contributed by atoms with Gasteiger partial charge in [0.1, 0.15) is 0 Å². The van der Waals surface area contributed by atoms with Crippen molar-refractivity contribution in [3.8, 4) is 0 Å². The highest BCUT2D eigenvalue weighted by atomic mass is 32.1. The standard InChI is InChI=1S/C11H18N2S/c1-8-6-14-7-9(8)5-13-10(12)11(2,3)4/h6-7H,5H2,1-4H3,(H2,12,13). The minimum Gasteiger partial charge on any atom is -0.387 e. The number of rotatable bonds is 2. The van der Waals surface area contributed by atoms with E-state index in [1.807, 2.05) is 0 Å². The number of nitrogens with two attached hydrogens (primary N) is 1. The van der Waals surface area contributed by atoms with Gasteiger partial charge in [0.25, 0.3) is 0 Å². The Morgan fingerprint density at radius 2 is 2.07 bits per heavy atom. The molecule has 0 radical (unpaired) electrons. The summed E-state index contributed by atoms with van der Waals surface area (Å²) in [5.74, 6) is 0.725. The van der Waals surface area contributed by atoms with Crippen molar-refractivity contribution in [3.05, 3.63) is 21.9 Å². The highest BCUT2D eigenvalue weighted by molar-refractivity contribution is 7.08. The van der Waals surface area contributed by atoms with Crippen LogP contribution in [0.15, 0.2) is 15.8 Å². The first-order chi connectivity index (χ1) is 6.41. The third-order valence-electron chi connectivity index (χ3n) is 2.15.